The average molecular weight is 342 g/mol. The Balaban J connectivity index is 1.85. The van der Waals surface area contributed by atoms with Gasteiger partial charge in [0, 0.05) is 6.61 Å². The van der Waals surface area contributed by atoms with Crippen LogP contribution < -0.4 is 4.74 Å². The van der Waals surface area contributed by atoms with Crippen molar-refractivity contribution in [3.8, 4) is 16.9 Å². The normalized spacial score (nSPS) is 10.5. The summed E-state index contributed by atoms with van der Waals surface area (Å²) in [5.74, 6) is 0.561. The topological polar surface area (TPSA) is 55.8 Å². The quantitative estimate of drug-likeness (QED) is 0.511. The summed E-state index contributed by atoms with van der Waals surface area (Å²) in [6, 6.07) is 15.3. The number of carbonyl (C=O) groups is 1. The number of aliphatic hydroxyl groups is 1. The Morgan fingerprint density at radius 3 is 2.08 bits per heavy atom. The van der Waals surface area contributed by atoms with Gasteiger partial charge in [-0.1, -0.05) is 30.7 Å². The zero-order valence-corrected chi connectivity index (χ0v) is 14.7. The molecule has 0 radical (unpaired) electrons. The van der Waals surface area contributed by atoms with Gasteiger partial charge < -0.3 is 14.6 Å². The maximum Gasteiger partial charge on any atom is 0.338 e. The smallest absolute Gasteiger partial charge is 0.338 e. The summed E-state index contributed by atoms with van der Waals surface area (Å²) in [5, 5.41) is 8.71. The van der Waals surface area contributed by atoms with Gasteiger partial charge in [-0.25, -0.2) is 4.79 Å². The van der Waals surface area contributed by atoms with Crippen molar-refractivity contribution in [2.75, 3.05) is 19.8 Å². The second-order valence-electron chi connectivity index (χ2n) is 5.81. The van der Waals surface area contributed by atoms with Crippen LogP contribution in [0.1, 0.15) is 43.0 Å². The lowest BCUT2D eigenvalue weighted by molar-refractivity contribution is 0.0497. The van der Waals surface area contributed by atoms with Crippen molar-refractivity contribution in [3.05, 3.63) is 54.1 Å². The molecular weight excluding hydrogens is 316 g/mol. The molecule has 2 aromatic carbocycles. The number of esters is 1. The van der Waals surface area contributed by atoms with Crippen LogP contribution in [-0.2, 0) is 4.74 Å². The van der Waals surface area contributed by atoms with Crippen molar-refractivity contribution in [2.45, 2.75) is 32.6 Å². The zero-order chi connectivity index (χ0) is 17.9. The van der Waals surface area contributed by atoms with Gasteiger partial charge in [0.25, 0.3) is 0 Å². The highest BCUT2D eigenvalue weighted by Crippen LogP contribution is 2.23. The van der Waals surface area contributed by atoms with E-state index in [0.717, 1.165) is 42.6 Å². The summed E-state index contributed by atoms with van der Waals surface area (Å²) >= 11 is 0. The van der Waals surface area contributed by atoms with E-state index in [0.29, 0.717) is 18.8 Å². The molecule has 0 aliphatic rings. The van der Waals surface area contributed by atoms with Crippen LogP contribution in [0.5, 0.6) is 5.75 Å². The number of benzene rings is 2. The van der Waals surface area contributed by atoms with Crippen molar-refractivity contribution < 1.29 is 19.4 Å². The van der Waals surface area contributed by atoms with Gasteiger partial charge in [-0.3, -0.25) is 0 Å². The summed E-state index contributed by atoms with van der Waals surface area (Å²) in [4.78, 5) is 12.0. The van der Waals surface area contributed by atoms with E-state index in [4.69, 9.17) is 14.6 Å². The molecule has 0 aliphatic carbocycles. The van der Waals surface area contributed by atoms with E-state index in [1.165, 1.54) is 0 Å². The SMILES string of the molecule is CCOc1ccc(-c2ccc(C(=O)OCCCCCCO)cc2)cc1. The average Bonchev–Trinajstić information content (AvgIpc) is 2.65. The molecule has 0 saturated carbocycles. The molecule has 25 heavy (non-hydrogen) atoms. The summed E-state index contributed by atoms with van der Waals surface area (Å²) in [6.45, 7) is 3.25. The van der Waals surface area contributed by atoms with Crippen molar-refractivity contribution in [2.24, 2.45) is 0 Å². The van der Waals surface area contributed by atoms with Crippen molar-refractivity contribution >= 4 is 5.97 Å². The summed E-state index contributed by atoms with van der Waals surface area (Å²) < 4.78 is 10.7. The molecule has 0 aromatic heterocycles. The van der Waals surface area contributed by atoms with E-state index in [1.807, 2.05) is 43.3 Å². The van der Waals surface area contributed by atoms with Crippen LogP contribution in [0.15, 0.2) is 48.5 Å². The fourth-order valence-electron chi connectivity index (χ4n) is 2.52. The van der Waals surface area contributed by atoms with E-state index in [1.54, 1.807) is 12.1 Å². The van der Waals surface area contributed by atoms with Crippen LogP contribution in [0, 0.1) is 0 Å². The standard InChI is InChI=1S/C21H26O4/c1-2-24-20-13-11-18(12-14-20)17-7-9-19(10-8-17)21(23)25-16-6-4-3-5-15-22/h7-14,22H,2-6,15-16H2,1H3. The molecule has 0 atom stereocenters. The van der Waals surface area contributed by atoms with Gasteiger partial charge in [-0.15, -0.1) is 0 Å². The minimum atomic E-state index is -0.291. The first-order chi connectivity index (χ1) is 12.2. The minimum absolute atomic E-state index is 0.223. The molecular formula is C21H26O4. The van der Waals surface area contributed by atoms with Gasteiger partial charge in [-0.2, -0.15) is 0 Å². The van der Waals surface area contributed by atoms with Crippen LogP contribution >= 0.6 is 0 Å². The van der Waals surface area contributed by atoms with E-state index in [2.05, 4.69) is 0 Å². The first-order valence-corrected chi connectivity index (χ1v) is 8.86. The monoisotopic (exact) mass is 342 g/mol. The maximum atomic E-state index is 12.0. The largest absolute Gasteiger partial charge is 0.494 e. The van der Waals surface area contributed by atoms with Crippen molar-refractivity contribution in [1.29, 1.82) is 0 Å². The molecule has 0 saturated heterocycles. The Morgan fingerprint density at radius 1 is 0.880 bits per heavy atom. The number of aliphatic hydroxyl groups excluding tert-OH is 1. The highest BCUT2D eigenvalue weighted by molar-refractivity contribution is 5.90. The molecule has 134 valence electrons. The third-order valence-electron chi connectivity index (χ3n) is 3.90. The van der Waals surface area contributed by atoms with Crippen LogP contribution in [-0.4, -0.2) is 30.9 Å². The fourth-order valence-corrected chi connectivity index (χ4v) is 2.52. The molecule has 0 unspecified atom stereocenters. The second-order valence-corrected chi connectivity index (χ2v) is 5.81. The molecule has 0 spiro atoms. The molecule has 0 aliphatic heterocycles. The molecule has 2 aromatic rings. The summed E-state index contributed by atoms with van der Waals surface area (Å²) in [7, 11) is 0. The van der Waals surface area contributed by atoms with Gasteiger partial charge in [0.2, 0.25) is 0 Å². The van der Waals surface area contributed by atoms with Crippen LogP contribution in [0.4, 0.5) is 0 Å². The molecule has 0 heterocycles. The van der Waals surface area contributed by atoms with E-state index >= 15 is 0 Å². The Bertz CT molecular complexity index is 632. The predicted molar refractivity (Wildman–Crippen MR) is 98.9 cm³/mol. The summed E-state index contributed by atoms with van der Waals surface area (Å²) in [5.41, 5.74) is 2.68. The van der Waals surface area contributed by atoms with E-state index in [9.17, 15) is 4.79 Å². The van der Waals surface area contributed by atoms with Crippen LogP contribution in [0.2, 0.25) is 0 Å². The van der Waals surface area contributed by atoms with E-state index < -0.39 is 0 Å². The first kappa shape index (κ1) is 19.0. The van der Waals surface area contributed by atoms with Gasteiger partial charge in [-0.05, 0) is 61.6 Å². The van der Waals surface area contributed by atoms with Gasteiger partial charge >= 0.3 is 5.97 Å². The highest BCUT2D eigenvalue weighted by Gasteiger charge is 2.07. The number of hydrogen-bond acceptors (Lipinski definition) is 4. The number of carbonyl (C=O) groups excluding carboxylic acids is 1. The Hall–Kier alpha value is -2.33. The molecule has 1 N–H and O–H groups in total. The highest BCUT2D eigenvalue weighted by atomic mass is 16.5. The number of rotatable bonds is 10. The third kappa shape index (κ3) is 6.24. The van der Waals surface area contributed by atoms with Gasteiger partial charge in [0.1, 0.15) is 5.75 Å². The van der Waals surface area contributed by atoms with E-state index in [-0.39, 0.29) is 12.6 Å². The number of hydrogen-bond donors (Lipinski definition) is 1. The number of unbranched alkanes of at least 4 members (excludes halogenated alkanes) is 3. The number of ether oxygens (including phenoxy) is 2. The maximum absolute atomic E-state index is 12.0. The molecule has 0 amide bonds. The third-order valence-corrected chi connectivity index (χ3v) is 3.90. The Labute approximate surface area is 149 Å². The Morgan fingerprint density at radius 2 is 1.48 bits per heavy atom. The lowest BCUT2D eigenvalue weighted by Crippen LogP contribution is -2.06. The predicted octanol–water partition coefficient (Wildman–Crippen LogP) is 4.46. The molecule has 2 rings (SSSR count). The van der Waals surface area contributed by atoms with Gasteiger partial charge in [0.05, 0.1) is 18.8 Å². The summed E-state index contributed by atoms with van der Waals surface area (Å²) in [6.07, 6.45) is 3.56. The second kappa shape index (κ2) is 10.5. The first-order valence-electron chi connectivity index (χ1n) is 8.86. The molecule has 4 heteroatoms. The van der Waals surface area contributed by atoms with Crippen LogP contribution in [0.25, 0.3) is 11.1 Å². The Kier molecular flexibility index (Phi) is 7.99. The van der Waals surface area contributed by atoms with Crippen molar-refractivity contribution in [1.82, 2.24) is 0 Å². The fraction of sp³-hybridized carbons (Fsp3) is 0.381. The lowest BCUT2D eigenvalue weighted by atomic mass is 10.0. The minimum Gasteiger partial charge on any atom is -0.494 e. The van der Waals surface area contributed by atoms with Crippen molar-refractivity contribution in [3.63, 3.8) is 0 Å². The lowest BCUT2D eigenvalue weighted by Gasteiger charge is -2.07. The molecule has 4 nitrogen and oxygen atoms in total. The van der Waals surface area contributed by atoms with Crippen LogP contribution in [0.3, 0.4) is 0 Å². The zero-order valence-electron chi connectivity index (χ0n) is 14.7. The van der Waals surface area contributed by atoms with Gasteiger partial charge in [0.15, 0.2) is 0 Å². The molecule has 0 bridgehead atoms. The molecule has 0 fully saturated rings.